The average Bonchev–Trinajstić information content (AvgIpc) is 3.26. The fourth-order valence-corrected chi connectivity index (χ4v) is 4.99. The van der Waals surface area contributed by atoms with Gasteiger partial charge in [-0.15, -0.1) is 0 Å². The van der Waals surface area contributed by atoms with Crippen LogP contribution in [-0.4, -0.2) is 44.8 Å². The number of hydrogen-bond acceptors (Lipinski definition) is 4. The minimum Gasteiger partial charge on any atom is -0.372 e. The number of rotatable bonds is 7. The van der Waals surface area contributed by atoms with Gasteiger partial charge in [0.2, 0.25) is 10.0 Å². The van der Waals surface area contributed by atoms with Crippen molar-refractivity contribution in [1.82, 2.24) is 4.31 Å². The van der Waals surface area contributed by atoms with Crippen LogP contribution in [0.2, 0.25) is 0 Å². The van der Waals surface area contributed by atoms with E-state index in [2.05, 4.69) is 24.1 Å². The first-order valence-corrected chi connectivity index (χ1v) is 11.2. The second-order valence-electron chi connectivity index (χ2n) is 6.81. The third-order valence-corrected chi connectivity index (χ3v) is 6.95. The summed E-state index contributed by atoms with van der Waals surface area (Å²) < 4.78 is 26.9. The number of benzene rings is 2. The molecule has 6 nitrogen and oxygen atoms in total. The Morgan fingerprint density at radius 1 is 1.04 bits per heavy atom. The zero-order valence-corrected chi connectivity index (χ0v) is 17.2. The molecule has 1 amide bonds. The van der Waals surface area contributed by atoms with Crippen molar-refractivity contribution in [3.8, 4) is 0 Å². The highest BCUT2D eigenvalue weighted by atomic mass is 32.2. The normalized spacial score (nSPS) is 14.8. The summed E-state index contributed by atoms with van der Waals surface area (Å²) in [7, 11) is -3.54. The molecular formula is C21H27N3O3S. The lowest BCUT2D eigenvalue weighted by atomic mass is 10.2. The minimum atomic E-state index is -3.54. The van der Waals surface area contributed by atoms with Crippen LogP contribution in [-0.2, 0) is 10.0 Å². The van der Waals surface area contributed by atoms with Crippen LogP contribution in [0.1, 0.15) is 37.0 Å². The van der Waals surface area contributed by atoms with Crippen LogP contribution in [0.5, 0.6) is 0 Å². The number of carbonyl (C=O) groups is 1. The molecule has 1 heterocycles. The Morgan fingerprint density at radius 2 is 1.68 bits per heavy atom. The zero-order valence-electron chi connectivity index (χ0n) is 16.4. The first-order valence-electron chi connectivity index (χ1n) is 9.72. The number of sulfonamides is 1. The van der Waals surface area contributed by atoms with Crippen LogP contribution >= 0.6 is 0 Å². The fraction of sp³-hybridized carbons (Fsp3) is 0.381. The lowest BCUT2D eigenvalue weighted by molar-refractivity contribution is 0.102. The molecule has 28 heavy (non-hydrogen) atoms. The standard InChI is InChI=1S/C21H27N3O3S/c1-3-23(4-2)19-12-10-18(11-13-19)22-21(25)17-8-7-9-20(16-17)28(26,27)24-14-5-6-15-24/h7-13,16H,3-6,14-15H2,1-2H3,(H,22,25). The Morgan fingerprint density at radius 3 is 2.29 bits per heavy atom. The molecule has 0 spiro atoms. The van der Waals surface area contributed by atoms with Crippen LogP contribution in [0, 0.1) is 0 Å². The molecule has 0 unspecified atom stereocenters. The molecule has 1 fully saturated rings. The predicted octanol–water partition coefficient (Wildman–Crippen LogP) is 3.57. The summed E-state index contributed by atoms with van der Waals surface area (Å²) in [6.45, 7) is 7.11. The monoisotopic (exact) mass is 401 g/mol. The maximum atomic E-state index is 12.7. The largest absolute Gasteiger partial charge is 0.372 e. The van der Waals surface area contributed by atoms with Crippen LogP contribution in [0.3, 0.4) is 0 Å². The van der Waals surface area contributed by atoms with E-state index in [4.69, 9.17) is 0 Å². The third kappa shape index (κ3) is 4.36. The van der Waals surface area contributed by atoms with E-state index in [9.17, 15) is 13.2 Å². The number of carbonyl (C=O) groups excluding carboxylic acids is 1. The lowest BCUT2D eigenvalue weighted by Crippen LogP contribution is -2.28. The van der Waals surface area contributed by atoms with E-state index in [1.165, 1.54) is 10.4 Å². The summed E-state index contributed by atoms with van der Waals surface area (Å²) in [4.78, 5) is 15.0. The third-order valence-electron chi connectivity index (χ3n) is 5.05. The zero-order chi connectivity index (χ0) is 20.1. The number of anilines is 2. The van der Waals surface area contributed by atoms with Crippen molar-refractivity contribution < 1.29 is 13.2 Å². The molecule has 0 atom stereocenters. The Balaban J connectivity index is 1.74. The van der Waals surface area contributed by atoms with E-state index in [0.717, 1.165) is 31.6 Å². The van der Waals surface area contributed by atoms with Gasteiger partial charge in [0.1, 0.15) is 0 Å². The second kappa shape index (κ2) is 8.75. The van der Waals surface area contributed by atoms with Crippen molar-refractivity contribution in [2.24, 2.45) is 0 Å². The molecule has 150 valence electrons. The molecule has 1 aliphatic heterocycles. The van der Waals surface area contributed by atoms with E-state index < -0.39 is 10.0 Å². The summed E-state index contributed by atoms with van der Waals surface area (Å²) in [5, 5.41) is 2.84. The van der Waals surface area contributed by atoms with Crippen LogP contribution in [0.15, 0.2) is 53.4 Å². The molecule has 2 aromatic carbocycles. The number of amides is 1. The van der Waals surface area contributed by atoms with E-state index in [0.29, 0.717) is 24.3 Å². The van der Waals surface area contributed by atoms with Gasteiger partial charge in [0, 0.05) is 43.1 Å². The Kier molecular flexibility index (Phi) is 6.36. The molecular weight excluding hydrogens is 374 g/mol. The molecule has 7 heteroatoms. The molecule has 3 rings (SSSR count). The van der Waals surface area contributed by atoms with Gasteiger partial charge in [-0.1, -0.05) is 6.07 Å². The number of nitrogens with zero attached hydrogens (tertiary/aromatic N) is 2. The fourth-order valence-electron chi connectivity index (χ4n) is 3.42. The predicted molar refractivity (Wildman–Crippen MR) is 112 cm³/mol. The molecule has 1 aliphatic rings. The van der Waals surface area contributed by atoms with Gasteiger partial charge in [-0.05, 0) is 69.2 Å². The Bertz CT molecular complexity index is 916. The van der Waals surface area contributed by atoms with E-state index in [-0.39, 0.29) is 10.8 Å². The second-order valence-corrected chi connectivity index (χ2v) is 8.75. The van der Waals surface area contributed by atoms with Crippen LogP contribution in [0.4, 0.5) is 11.4 Å². The molecule has 2 aromatic rings. The summed E-state index contributed by atoms with van der Waals surface area (Å²) in [5.41, 5.74) is 2.10. The van der Waals surface area contributed by atoms with E-state index in [1.54, 1.807) is 18.2 Å². The van der Waals surface area contributed by atoms with Crippen molar-refractivity contribution in [3.63, 3.8) is 0 Å². The number of hydrogen-bond donors (Lipinski definition) is 1. The summed E-state index contributed by atoms with van der Waals surface area (Å²) in [6, 6.07) is 13.9. The molecule has 0 aliphatic carbocycles. The van der Waals surface area contributed by atoms with Gasteiger partial charge in [0.05, 0.1) is 4.90 Å². The van der Waals surface area contributed by atoms with Gasteiger partial charge in [0.15, 0.2) is 0 Å². The van der Waals surface area contributed by atoms with Gasteiger partial charge in [-0.3, -0.25) is 4.79 Å². The highest BCUT2D eigenvalue weighted by Gasteiger charge is 2.27. The van der Waals surface area contributed by atoms with Gasteiger partial charge >= 0.3 is 0 Å². The summed E-state index contributed by atoms with van der Waals surface area (Å²) >= 11 is 0. The molecule has 0 aromatic heterocycles. The average molecular weight is 402 g/mol. The SMILES string of the molecule is CCN(CC)c1ccc(NC(=O)c2cccc(S(=O)(=O)N3CCCC3)c2)cc1. The molecule has 0 saturated carbocycles. The maximum Gasteiger partial charge on any atom is 0.255 e. The van der Waals surface area contributed by atoms with Gasteiger partial charge in [-0.25, -0.2) is 8.42 Å². The topological polar surface area (TPSA) is 69.7 Å². The van der Waals surface area contributed by atoms with Gasteiger partial charge < -0.3 is 10.2 Å². The summed E-state index contributed by atoms with van der Waals surface area (Å²) in [5.74, 6) is -0.325. The molecule has 0 bridgehead atoms. The van der Waals surface area contributed by atoms with Crippen molar-refractivity contribution in [2.45, 2.75) is 31.6 Å². The maximum absolute atomic E-state index is 12.7. The highest BCUT2D eigenvalue weighted by molar-refractivity contribution is 7.89. The van der Waals surface area contributed by atoms with Crippen molar-refractivity contribution in [2.75, 3.05) is 36.4 Å². The van der Waals surface area contributed by atoms with E-state index in [1.807, 2.05) is 24.3 Å². The number of nitrogens with one attached hydrogen (secondary N) is 1. The van der Waals surface area contributed by atoms with Crippen LogP contribution < -0.4 is 10.2 Å². The van der Waals surface area contributed by atoms with Crippen molar-refractivity contribution in [1.29, 1.82) is 0 Å². The van der Waals surface area contributed by atoms with Gasteiger partial charge in [-0.2, -0.15) is 4.31 Å². The molecule has 1 saturated heterocycles. The lowest BCUT2D eigenvalue weighted by Gasteiger charge is -2.21. The smallest absolute Gasteiger partial charge is 0.255 e. The van der Waals surface area contributed by atoms with E-state index >= 15 is 0 Å². The Hall–Kier alpha value is -2.38. The minimum absolute atomic E-state index is 0.166. The van der Waals surface area contributed by atoms with Crippen molar-refractivity contribution >= 4 is 27.3 Å². The quantitative estimate of drug-likeness (QED) is 0.770. The molecule has 1 N–H and O–H groups in total. The summed E-state index contributed by atoms with van der Waals surface area (Å²) in [6.07, 6.45) is 1.76. The van der Waals surface area contributed by atoms with Crippen molar-refractivity contribution in [3.05, 3.63) is 54.1 Å². The van der Waals surface area contributed by atoms with Gasteiger partial charge in [0.25, 0.3) is 5.91 Å². The first kappa shape index (κ1) is 20.4. The highest BCUT2D eigenvalue weighted by Crippen LogP contribution is 2.22. The first-order chi connectivity index (χ1) is 13.5. The molecule has 0 radical (unpaired) electrons. The van der Waals surface area contributed by atoms with Crippen LogP contribution in [0.25, 0.3) is 0 Å². The Labute approximate surface area is 167 Å².